The van der Waals surface area contributed by atoms with Gasteiger partial charge in [-0.3, -0.25) is 0 Å². The van der Waals surface area contributed by atoms with Crippen LogP contribution >= 0.6 is 12.4 Å². The van der Waals surface area contributed by atoms with Gasteiger partial charge >= 0.3 is 0 Å². The zero-order valence-corrected chi connectivity index (χ0v) is 7.49. The summed E-state index contributed by atoms with van der Waals surface area (Å²) in [6, 6.07) is 2.19. The Morgan fingerprint density at radius 3 is 2.91 bits per heavy atom. The Kier molecular flexibility index (Phi) is 6.30. The van der Waals surface area contributed by atoms with E-state index in [-0.39, 0.29) is 12.4 Å². The van der Waals surface area contributed by atoms with Crippen LogP contribution in [0.2, 0.25) is 0 Å². The number of nitriles is 1. The zero-order chi connectivity index (χ0) is 7.23. The van der Waals surface area contributed by atoms with Crippen LogP contribution in [0.3, 0.4) is 0 Å². The van der Waals surface area contributed by atoms with Crippen molar-refractivity contribution >= 4 is 12.4 Å². The Bertz CT molecular complexity index is 125. The molecule has 1 heterocycles. The van der Waals surface area contributed by atoms with Gasteiger partial charge in [-0.05, 0) is 38.3 Å². The van der Waals surface area contributed by atoms with Gasteiger partial charge in [0.15, 0.2) is 0 Å². The molecule has 0 aromatic heterocycles. The fourth-order valence-corrected chi connectivity index (χ4v) is 1.44. The summed E-state index contributed by atoms with van der Waals surface area (Å²) < 4.78 is 0. The Balaban J connectivity index is 0.000001000. The number of hydrogen-bond donors (Lipinski definition) is 1. The van der Waals surface area contributed by atoms with E-state index in [0.29, 0.717) is 0 Å². The van der Waals surface area contributed by atoms with Crippen molar-refractivity contribution in [2.45, 2.75) is 25.7 Å². The van der Waals surface area contributed by atoms with Crippen molar-refractivity contribution in [3.63, 3.8) is 0 Å². The van der Waals surface area contributed by atoms with E-state index in [0.717, 1.165) is 25.3 Å². The molecule has 0 radical (unpaired) electrons. The lowest BCUT2D eigenvalue weighted by Crippen LogP contribution is -2.29. The van der Waals surface area contributed by atoms with Crippen LogP contribution in [-0.4, -0.2) is 13.1 Å². The van der Waals surface area contributed by atoms with E-state index in [1.807, 2.05) is 0 Å². The molecule has 0 aromatic rings. The van der Waals surface area contributed by atoms with Crippen molar-refractivity contribution in [3.8, 4) is 6.07 Å². The van der Waals surface area contributed by atoms with E-state index in [1.165, 1.54) is 19.4 Å². The highest BCUT2D eigenvalue weighted by atomic mass is 35.5. The molecule has 64 valence electrons. The van der Waals surface area contributed by atoms with Gasteiger partial charge in [-0.1, -0.05) is 0 Å². The molecule has 0 bridgehead atoms. The third-order valence-corrected chi connectivity index (χ3v) is 2.06. The number of rotatable bonds is 2. The van der Waals surface area contributed by atoms with Crippen molar-refractivity contribution in [3.05, 3.63) is 0 Å². The first kappa shape index (κ1) is 10.7. The van der Waals surface area contributed by atoms with Crippen molar-refractivity contribution in [2.75, 3.05) is 13.1 Å². The molecule has 1 saturated heterocycles. The molecule has 0 aliphatic carbocycles. The molecule has 1 aliphatic heterocycles. The molecular formula is C8H15ClN2. The van der Waals surface area contributed by atoms with Gasteiger partial charge in [-0.15, -0.1) is 12.4 Å². The Morgan fingerprint density at radius 2 is 2.36 bits per heavy atom. The first-order valence-corrected chi connectivity index (χ1v) is 4.01. The highest BCUT2D eigenvalue weighted by molar-refractivity contribution is 5.85. The zero-order valence-electron chi connectivity index (χ0n) is 6.68. The van der Waals surface area contributed by atoms with E-state index in [9.17, 15) is 0 Å². The molecule has 1 rings (SSSR count). The molecule has 3 heteroatoms. The average molecular weight is 175 g/mol. The minimum Gasteiger partial charge on any atom is -0.316 e. The molecular weight excluding hydrogens is 160 g/mol. The van der Waals surface area contributed by atoms with Gasteiger partial charge < -0.3 is 5.32 Å². The highest BCUT2D eigenvalue weighted by Gasteiger charge is 2.11. The van der Waals surface area contributed by atoms with Crippen LogP contribution in [0.4, 0.5) is 0 Å². The van der Waals surface area contributed by atoms with Gasteiger partial charge in [0.05, 0.1) is 6.07 Å². The Hall–Kier alpha value is -0.260. The lowest BCUT2D eigenvalue weighted by molar-refractivity contribution is 0.361. The third kappa shape index (κ3) is 4.23. The van der Waals surface area contributed by atoms with Crippen molar-refractivity contribution in [1.29, 1.82) is 5.26 Å². The summed E-state index contributed by atoms with van der Waals surface area (Å²) in [4.78, 5) is 0. The second kappa shape index (κ2) is 6.45. The predicted octanol–water partition coefficient (Wildman–Crippen LogP) is 1.71. The summed E-state index contributed by atoms with van der Waals surface area (Å²) >= 11 is 0. The molecule has 1 atom stereocenters. The van der Waals surface area contributed by atoms with E-state index >= 15 is 0 Å². The average Bonchev–Trinajstić information content (AvgIpc) is 2.03. The Morgan fingerprint density at radius 1 is 1.55 bits per heavy atom. The van der Waals surface area contributed by atoms with Crippen LogP contribution in [0.25, 0.3) is 0 Å². The van der Waals surface area contributed by atoms with E-state index in [4.69, 9.17) is 5.26 Å². The van der Waals surface area contributed by atoms with Crippen molar-refractivity contribution in [1.82, 2.24) is 5.32 Å². The monoisotopic (exact) mass is 174 g/mol. The number of piperidine rings is 1. The van der Waals surface area contributed by atoms with Crippen LogP contribution in [0.1, 0.15) is 25.7 Å². The second-order valence-electron chi connectivity index (χ2n) is 2.91. The summed E-state index contributed by atoms with van der Waals surface area (Å²) in [5, 5.41) is 11.7. The van der Waals surface area contributed by atoms with Gasteiger partial charge in [0.1, 0.15) is 0 Å². The summed E-state index contributed by atoms with van der Waals surface area (Å²) in [5.74, 6) is 0.772. The van der Waals surface area contributed by atoms with Crippen LogP contribution < -0.4 is 5.32 Å². The maximum Gasteiger partial charge on any atom is 0.0621 e. The van der Waals surface area contributed by atoms with E-state index in [2.05, 4.69) is 11.4 Å². The van der Waals surface area contributed by atoms with Gasteiger partial charge in [0.25, 0.3) is 0 Å². The van der Waals surface area contributed by atoms with Gasteiger partial charge in [-0.25, -0.2) is 0 Å². The molecule has 11 heavy (non-hydrogen) atoms. The number of hydrogen-bond acceptors (Lipinski definition) is 2. The number of nitrogens with one attached hydrogen (secondary N) is 1. The first-order chi connectivity index (χ1) is 4.93. The molecule has 0 spiro atoms. The summed E-state index contributed by atoms with van der Waals surface area (Å²) in [5.41, 5.74) is 0. The van der Waals surface area contributed by atoms with Gasteiger partial charge in [0, 0.05) is 6.42 Å². The highest BCUT2D eigenvalue weighted by Crippen LogP contribution is 2.14. The fraction of sp³-hybridized carbons (Fsp3) is 0.875. The summed E-state index contributed by atoms with van der Waals surface area (Å²) in [6.07, 6.45) is 4.42. The van der Waals surface area contributed by atoms with Gasteiger partial charge in [-0.2, -0.15) is 5.26 Å². The van der Waals surface area contributed by atoms with Crippen LogP contribution in [0, 0.1) is 17.2 Å². The van der Waals surface area contributed by atoms with E-state index < -0.39 is 0 Å². The topological polar surface area (TPSA) is 35.8 Å². The predicted molar refractivity (Wildman–Crippen MR) is 47.7 cm³/mol. The normalized spacial score (nSPS) is 23.4. The molecule has 0 aromatic carbocycles. The number of nitrogens with zero attached hydrogens (tertiary/aromatic N) is 1. The van der Waals surface area contributed by atoms with Crippen molar-refractivity contribution < 1.29 is 0 Å². The lowest BCUT2D eigenvalue weighted by atomic mass is 9.95. The maximum atomic E-state index is 8.33. The van der Waals surface area contributed by atoms with Crippen molar-refractivity contribution in [2.24, 2.45) is 5.92 Å². The molecule has 1 unspecified atom stereocenters. The number of halogens is 1. The minimum atomic E-state index is 0. The Labute approximate surface area is 74.4 Å². The summed E-state index contributed by atoms with van der Waals surface area (Å²) in [6.45, 7) is 2.30. The molecule has 1 aliphatic rings. The second-order valence-corrected chi connectivity index (χ2v) is 2.91. The standard InChI is InChI=1S/C8H14N2.ClH/c9-5-1-3-8-4-2-6-10-7-8;/h8,10H,1-4,6-7H2;1H. The molecule has 0 amide bonds. The van der Waals surface area contributed by atoms with Crippen LogP contribution in [0.5, 0.6) is 0 Å². The molecule has 1 fully saturated rings. The van der Waals surface area contributed by atoms with Crippen LogP contribution in [0.15, 0.2) is 0 Å². The smallest absolute Gasteiger partial charge is 0.0621 e. The largest absolute Gasteiger partial charge is 0.316 e. The first-order valence-electron chi connectivity index (χ1n) is 4.01. The third-order valence-electron chi connectivity index (χ3n) is 2.06. The molecule has 1 N–H and O–H groups in total. The summed E-state index contributed by atoms with van der Waals surface area (Å²) in [7, 11) is 0. The quantitative estimate of drug-likeness (QED) is 0.692. The minimum absolute atomic E-state index is 0. The fourth-order valence-electron chi connectivity index (χ4n) is 1.44. The molecule has 0 saturated carbocycles. The van der Waals surface area contributed by atoms with Crippen LogP contribution in [-0.2, 0) is 0 Å². The molecule has 2 nitrogen and oxygen atoms in total. The lowest BCUT2D eigenvalue weighted by Gasteiger charge is -2.21. The SMILES string of the molecule is Cl.N#CCCC1CCCNC1. The maximum absolute atomic E-state index is 8.33. The van der Waals surface area contributed by atoms with Gasteiger partial charge in [0.2, 0.25) is 0 Å². The van der Waals surface area contributed by atoms with E-state index in [1.54, 1.807) is 0 Å².